The van der Waals surface area contributed by atoms with E-state index in [9.17, 15) is 0 Å². The van der Waals surface area contributed by atoms with Crippen LogP contribution < -0.4 is 5.32 Å². The number of aromatic nitrogens is 2. The van der Waals surface area contributed by atoms with Gasteiger partial charge in [0.05, 0.1) is 17.6 Å². The first-order valence-corrected chi connectivity index (χ1v) is 11.2. The Morgan fingerprint density at radius 3 is 2.81 bits per heavy atom. The molecule has 0 saturated heterocycles. The fourth-order valence-electron chi connectivity index (χ4n) is 3.06. The minimum absolute atomic E-state index is 0.0858. The molecule has 1 unspecified atom stereocenters. The molecule has 7 heteroatoms. The smallest absolute Gasteiger partial charge is 0.190 e. The topological polar surface area (TPSA) is 50.3 Å². The SMILES string of the molecule is CCCSc1nc(NCCN(C)C)c2c3c(sc2n1)COC(C)(CC)C3. The van der Waals surface area contributed by atoms with Crippen molar-refractivity contribution < 1.29 is 4.74 Å². The van der Waals surface area contributed by atoms with Crippen LogP contribution in [0.25, 0.3) is 10.2 Å². The molecule has 3 rings (SSSR count). The van der Waals surface area contributed by atoms with Gasteiger partial charge < -0.3 is 15.0 Å². The summed E-state index contributed by atoms with van der Waals surface area (Å²) in [4.78, 5) is 14.3. The van der Waals surface area contributed by atoms with Gasteiger partial charge in [-0.2, -0.15) is 0 Å². The van der Waals surface area contributed by atoms with Gasteiger partial charge in [-0.1, -0.05) is 25.6 Å². The van der Waals surface area contributed by atoms with Crippen LogP contribution in [0.1, 0.15) is 44.1 Å². The van der Waals surface area contributed by atoms with Gasteiger partial charge in [-0.3, -0.25) is 0 Å². The molecule has 0 amide bonds. The summed E-state index contributed by atoms with van der Waals surface area (Å²) < 4.78 is 6.15. The zero-order valence-electron chi connectivity index (χ0n) is 16.5. The van der Waals surface area contributed by atoms with E-state index in [0.29, 0.717) is 6.61 Å². The molecule has 0 bridgehead atoms. The Labute approximate surface area is 164 Å². The van der Waals surface area contributed by atoms with Gasteiger partial charge in [0, 0.05) is 30.1 Å². The number of hydrogen-bond acceptors (Lipinski definition) is 7. The maximum absolute atomic E-state index is 6.15. The van der Waals surface area contributed by atoms with Crippen molar-refractivity contribution in [3.8, 4) is 0 Å². The van der Waals surface area contributed by atoms with Gasteiger partial charge in [0.1, 0.15) is 10.6 Å². The fourth-order valence-corrected chi connectivity index (χ4v) is 4.92. The molecule has 0 aliphatic carbocycles. The van der Waals surface area contributed by atoms with E-state index in [2.05, 4.69) is 45.1 Å². The average Bonchev–Trinajstić information content (AvgIpc) is 2.97. The molecule has 5 nitrogen and oxygen atoms in total. The Hall–Kier alpha value is -0.890. The number of nitrogens with one attached hydrogen (secondary N) is 1. The number of anilines is 1. The van der Waals surface area contributed by atoms with E-state index in [4.69, 9.17) is 14.7 Å². The Morgan fingerprint density at radius 2 is 2.12 bits per heavy atom. The summed E-state index contributed by atoms with van der Waals surface area (Å²) in [6, 6.07) is 0. The molecule has 0 aromatic carbocycles. The molecule has 26 heavy (non-hydrogen) atoms. The summed E-state index contributed by atoms with van der Waals surface area (Å²) in [5.74, 6) is 2.04. The molecule has 0 saturated carbocycles. The first-order valence-electron chi connectivity index (χ1n) is 9.43. The first kappa shape index (κ1) is 19.9. The van der Waals surface area contributed by atoms with Crippen molar-refractivity contribution in [2.24, 2.45) is 0 Å². The highest BCUT2D eigenvalue weighted by atomic mass is 32.2. The third kappa shape index (κ3) is 4.32. The Morgan fingerprint density at radius 1 is 1.31 bits per heavy atom. The van der Waals surface area contributed by atoms with Gasteiger partial charge in [0.15, 0.2) is 5.16 Å². The standard InChI is InChI=1S/C19H30N4OS2/c1-6-10-25-18-21-16(20-8-9-23(4)5)15-13-11-19(3,7-2)24-12-14(13)26-17(15)22-18/h6-12H2,1-5H3,(H,20,21,22). The van der Waals surface area contributed by atoms with E-state index in [-0.39, 0.29) is 5.60 Å². The van der Waals surface area contributed by atoms with Gasteiger partial charge in [-0.15, -0.1) is 11.3 Å². The lowest BCUT2D eigenvalue weighted by atomic mass is 9.90. The monoisotopic (exact) mass is 394 g/mol. The predicted octanol–water partition coefficient (Wildman–Crippen LogP) is 4.41. The number of likely N-dealkylation sites (N-methyl/N-ethyl adjacent to an activating group) is 1. The highest BCUT2D eigenvalue weighted by Crippen LogP contribution is 2.42. The molecule has 0 fully saturated rings. The zero-order chi connectivity index (χ0) is 18.7. The van der Waals surface area contributed by atoms with Crippen LogP contribution in [0.2, 0.25) is 0 Å². The van der Waals surface area contributed by atoms with Crippen LogP contribution in [0.5, 0.6) is 0 Å². The molecule has 144 valence electrons. The molecular formula is C19H30N4OS2. The molecule has 1 aliphatic heterocycles. The van der Waals surface area contributed by atoms with E-state index in [0.717, 1.165) is 53.9 Å². The van der Waals surface area contributed by atoms with E-state index >= 15 is 0 Å². The molecule has 3 heterocycles. The lowest BCUT2D eigenvalue weighted by Crippen LogP contribution is -2.34. The second-order valence-electron chi connectivity index (χ2n) is 7.39. The van der Waals surface area contributed by atoms with Crippen LogP contribution in [-0.2, 0) is 17.8 Å². The number of fused-ring (bicyclic) bond motifs is 3. The summed E-state index contributed by atoms with van der Waals surface area (Å²) in [7, 11) is 4.19. The summed E-state index contributed by atoms with van der Waals surface area (Å²) in [6.45, 7) is 9.15. The van der Waals surface area contributed by atoms with Crippen LogP contribution in [0.15, 0.2) is 5.16 Å². The van der Waals surface area contributed by atoms with Crippen molar-refractivity contribution >= 4 is 39.1 Å². The number of hydrogen-bond donors (Lipinski definition) is 1. The van der Waals surface area contributed by atoms with Crippen molar-refractivity contribution in [1.82, 2.24) is 14.9 Å². The molecule has 0 radical (unpaired) electrons. The molecule has 2 aromatic rings. The Balaban J connectivity index is 2.00. The lowest BCUT2D eigenvalue weighted by Gasteiger charge is -2.33. The van der Waals surface area contributed by atoms with Gasteiger partial charge in [-0.05, 0) is 39.4 Å². The highest BCUT2D eigenvalue weighted by molar-refractivity contribution is 7.99. The number of ether oxygens (including phenoxy) is 1. The van der Waals surface area contributed by atoms with Crippen molar-refractivity contribution in [3.63, 3.8) is 0 Å². The normalized spacial score (nSPS) is 19.9. The lowest BCUT2D eigenvalue weighted by molar-refractivity contribution is -0.0542. The van der Waals surface area contributed by atoms with Crippen LogP contribution in [-0.4, -0.2) is 53.4 Å². The quantitative estimate of drug-likeness (QED) is 0.529. The maximum Gasteiger partial charge on any atom is 0.190 e. The van der Waals surface area contributed by atoms with Crippen LogP contribution in [0.3, 0.4) is 0 Å². The fraction of sp³-hybridized carbons (Fsp3) is 0.684. The highest BCUT2D eigenvalue weighted by Gasteiger charge is 2.33. The third-order valence-electron chi connectivity index (χ3n) is 4.85. The number of thioether (sulfide) groups is 1. The van der Waals surface area contributed by atoms with Gasteiger partial charge >= 0.3 is 0 Å². The summed E-state index contributed by atoms with van der Waals surface area (Å²) in [6.07, 6.45) is 3.07. The minimum Gasteiger partial charge on any atom is -0.369 e. The van der Waals surface area contributed by atoms with Gasteiger partial charge in [0.2, 0.25) is 0 Å². The minimum atomic E-state index is -0.0858. The zero-order valence-corrected chi connectivity index (χ0v) is 18.1. The molecule has 1 aliphatic rings. The largest absolute Gasteiger partial charge is 0.369 e. The molecule has 1 N–H and O–H groups in total. The van der Waals surface area contributed by atoms with Crippen LogP contribution >= 0.6 is 23.1 Å². The maximum atomic E-state index is 6.15. The van der Waals surface area contributed by atoms with E-state index in [1.54, 1.807) is 23.1 Å². The van der Waals surface area contributed by atoms with Crippen molar-refractivity contribution in [2.75, 3.05) is 38.3 Å². The third-order valence-corrected chi connectivity index (χ3v) is 7.00. The summed E-state index contributed by atoms with van der Waals surface area (Å²) in [5.41, 5.74) is 1.30. The van der Waals surface area contributed by atoms with Gasteiger partial charge in [0.25, 0.3) is 0 Å². The van der Waals surface area contributed by atoms with Crippen LogP contribution in [0.4, 0.5) is 5.82 Å². The number of rotatable bonds is 8. The van der Waals surface area contributed by atoms with Gasteiger partial charge in [-0.25, -0.2) is 9.97 Å². The predicted molar refractivity (Wildman–Crippen MR) is 113 cm³/mol. The Bertz CT molecular complexity index is 762. The summed E-state index contributed by atoms with van der Waals surface area (Å²) in [5, 5.41) is 5.67. The van der Waals surface area contributed by atoms with E-state index in [1.165, 1.54) is 15.8 Å². The second-order valence-corrected chi connectivity index (χ2v) is 9.53. The Kier molecular flexibility index (Phi) is 6.43. The van der Waals surface area contributed by atoms with Crippen molar-refractivity contribution in [3.05, 3.63) is 10.4 Å². The molecule has 2 aromatic heterocycles. The molecule has 0 spiro atoms. The van der Waals surface area contributed by atoms with Crippen LogP contribution in [0, 0.1) is 0 Å². The molecule has 1 atom stereocenters. The number of nitrogens with zero attached hydrogens (tertiary/aromatic N) is 3. The van der Waals surface area contributed by atoms with Crippen molar-refractivity contribution in [1.29, 1.82) is 0 Å². The molecular weight excluding hydrogens is 364 g/mol. The van der Waals surface area contributed by atoms with E-state index < -0.39 is 0 Å². The first-order chi connectivity index (χ1) is 12.5. The van der Waals surface area contributed by atoms with E-state index in [1.807, 2.05) is 0 Å². The van der Waals surface area contributed by atoms with Crippen molar-refractivity contribution in [2.45, 2.75) is 57.4 Å². The second kappa shape index (κ2) is 8.42. The number of thiophene rings is 1. The average molecular weight is 395 g/mol. The summed E-state index contributed by atoms with van der Waals surface area (Å²) >= 11 is 3.51.